The lowest BCUT2D eigenvalue weighted by molar-refractivity contribution is -0.154. The lowest BCUT2D eigenvalue weighted by Gasteiger charge is -2.10. The zero-order valence-corrected chi connectivity index (χ0v) is 12.6. The molecular weight excluding hydrogens is 392 g/mol. The minimum absolute atomic E-state index is 0.144. The standard InChI is InChI=1S/C5H6BrNO4.C4H4BrNO2/c6-3-1-2(11-7-3)4(8)5(9)10;5-6-3(7)1-2-4(6)8/h2,4,8H,1H2,(H,9,10);1-2H2. The van der Waals surface area contributed by atoms with Crippen LogP contribution < -0.4 is 0 Å². The molecule has 2 amide bonds. The Morgan fingerprint density at radius 3 is 2.21 bits per heavy atom. The number of nitrogens with zero attached hydrogens (tertiary/aromatic N) is 2. The van der Waals surface area contributed by atoms with Gasteiger partial charge in [0.25, 0.3) is 0 Å². The third-order valence-corrected chi connectivity index (χ3v) is 3.51. The van der Waals surface area contributed by atoms with Crippen LogP contribution in [0.1, 0.15) is 19.3 Å². The number of carbonyl (C=O) groups is 3. The van der Waals surface area contributed by atoms with Crippen LogP contribution in [0.4, 0.5) is 0 Å². The van der Waals surface area contributed by atoms with Crippen LogP contribution in [0.25, 0.3) is 0 Å². The summed E-state index contributed by atoms with van der Waals surface area (Å²) in [5.74, 6) is -1.59. The molecule has 2 atom stereocenters. The van der Waals surface area contributed by atoms with Gasteiger partial charge in [-0.3, -0.25) is 9.59 Å². The summed E-state index contributed by atoms with van der Waals surface area (Å²) in [5, 5.41) is 20.7. The zero-order valence-electron chi connectivity index (χ0n) is 9.45. The van der Waals surface area contributed by atoms with Gasteiger partial charge in [-0.15, -0.1) is 0 Å². The Hall–Kier alpha value is -1.00. The fourth-order valence-electron chi connectivity index (χ4n) is 1.24. The summed E-state index contributed by atoms with van der Waals surface area (Å²) in [6.45, 7) is 0. The van der Waals surface area contributed by atoms with Gasteiger partial charge < -0.3 is 15.1 Å². The first-order valence-corrected chi connectivity index (χ1v) is 6.63. The van der Waals surface area contributed by atoms with E-state index in [0.717, 1.165) is 3.93 Å². The second-order valence-corrected chi connectivity index (χ2v) is 5.29. The first kappa shape index (κ1) is 16.1. The molecule has 2 aliphatic heterocycles. The molecule has 2 heterocycles. The van der Waals surface area contributed by atoms with E-state index in [-0.39, 0.29) is 11.8 Å². The Labute approximate surface area is 124 Å². The van der Waals surface area contributed by atoms with Crippen LogP contribution in [-0.4, -0.2) is 48.8 Å². The highest BCUT2D eigenvalue weighted by Crippen LogP contribution is 2.17. The quantitative estimate of drug-likeness (QED) is 0.510. The number of carbonyl (C=O) groups excluding carboxylic acids is 2. The molecule has 0 bridgehead atoms. The molecule has 0 aromatic carbocycles. The van der Waals surface area contributed by atoms with Gasteiger partial charge in [0.1, 0.15) is 4.62 Å². The maximum absolute atomic E-state index is 10.4. The van der Waals surface area contributed by atoms with Crippen molar-refractivity contribution >= 4 is 54.5 Å². The molecule has 0 aliphatic carbocycles. The number of aliphatic carboxylic acids is 1. The van der Waals surface area contributed by atoms with Gasteiger partial charge in [-0.1, -0.05) is 5.16 Å². The van der Waals surface area contributed by atoms with Crippen molar-refractivity contribution in [2.75, 3.05) is 0 Å². The topological polar surface area (TPSA) is 116 Å². The first-order chi connectivity index (χ1) is 8.82. The maximum Gasteiger partial charge on any atom is 0.336 e. The number of imide groups is 1. The summed E-state index contributed by atoms with van der Waals surface area (Å²) < 4.78 is 1.50. The van der Waals surface area contributed by atoms with Crippen molar-refractivity contribution < 1.29 is 29.4 Å². The second-order valence-electron chi connectivity index (χ2n) is 3.67. The van der Waals surface area contributed by atoms with Crippen molar-refractivity contribution in [1.82, 2.24) is 3.93 Å². The summed E-state index contributed by atoms with van der Waals surface area (Å²) >= 11 is 5.82. The molecule has 10 heteroatoms. The molecule has 2 unspecified atom stereocenters. The van der Waals surface area contributed by atoms with Crippen LogP contribution in [0.3, 0.4) is 0 Å². The van der Waals surface area contributed by atoms with Crippen molar-refractivity contribution in [2.45, 2.75) is 31.5 Å². The summed E-state index contributed by atoms with van der Waals surface area (Å²) in [6.07, 6.45) is -1.27. The normalized spacial score (nSPS) is 23.4. The van der Waals surface area contributed by atoms with Crippen molar-refractivity contribution in [3.63, 3.8) is 0 Å². The van der Waals surface area contributed by atoms with E-state index in [9.17, 15) is 14.4 Å². The number of aliphatic hydroxyl groups is 1. The maximum atomic E-state index is 10.4. The average molecular weight is 402 g/mol. The number of carboxylic acid groups (broad SMARTS) is 1. The van der Waals surface area contributed by atoms with Gasteiger partial charge in [0.15, 0.2) is 12.2 Å². The molecule has 1 saturated heterocycles. The third kappa shape index (κ3) is 4.55. The van der Waals surface area contributed by atoms with Gasteiger partial charge in [0.05, 0.1) is 16.1 Å². The number of hydrogen-bond acceptors (Lipinski definition) is 6. The Kier molecular flexibility index (Phi) is 5.88. The summed E-state index contributed by atoms with van der Waals surface area (Å²) in [6, 6.07) is 0. The Morgan fingerprint density at radius 1 is 1.42 bits per heavy atom. The van der Waals surface area contributed by atoms with E-state index in [0.29, 0.717) is 23.9 Å². The van der Waals surface area contributed by atoms with Gasteiger partial charge in [-0.05, 0) is 15.9 Å². The van der Waals surface area contributed by atoms with Gasteiger partial charge in [0, 0.05) is 19.3 Å². The molecule has 2 N–H and O–H groups in total. The lowest BCUT2D eigenvalue weighted by atomic mass is 10.1. The molecule has 0 radical (unpaired) electrons. The smallest absolute Gasteiger partial charge is 0.336 e. The predicted octanol–water partition coefficient (Wildman–Crippen LogP) is 0.375. The monoisotopic (exact) mass is 400 g/mol. The second kappa shape index (κ2) is 6.96. The van der Waals surface area contributed by atoms with Crippen molar-refractivity contribution in [1.29, 1.82) is 0 Å². The number of rotatable bonds is 2. The largest absolute Gasteiger partial charge is 0.479 e. The van der Waals surface area contributed by atoms with Crippen LogP contribution >= 0.6 is 32.1 Å². The molecule has 2 aliphatic rings. The van der Waals surface area contributed by atoms with E-state index in [1.165, 1.54) is 0 Å². The van der Waals surface area contributed by atoms with Crippen molar-refractivity contribution in [3.05, 3.63) is 0 Å². The lowest BCUT2D eigenvalue weighted by Crippen LogP contribution is -2.33. The zero-order chi connectivity index (χ0) is 14.6. The van der Waals surface area contributed by atoms with Gasteiger partial charge in [-0.25, -0.2) is 8.72 Å². The van der Waals surface area contributed by atoms with Crippen LogP contribution in [0, 0.1) is 0 Å². The fraction of sp³-hybridized carbons (Fsp3) is 0.556. The number of halogens is 2. The Balaban J connectivity index is 0.000000200. The molecule has 106 valence electrons. The number of amides is 2. The average Bonchev–Trinajstić information content (AvgIpc) is 2.91. The highest BCUT2D eigenvalue weighted by Gasteiger charge is 2.32. The summed E-state index contributed by atoms with van der Waals surface area (Å²) in [5.41, 5.74) is 0. The minimum Gasteiger partial charge on any atom is -0.479 e. The molecular formula is C9H10Br2N2O6. The summed E-state index contributed by atoms with van der Waals surface area (Å²) in [7, 11) is 0. The number of hydrogen-bond donors (Lipinski definition) is 2. The van der Waals surface area contributed by atoms with Crippen LogP contribution in [0.15, 0.2) is 5.16 Å². The van der Waals surface area contributed by atoms with Crippen LogP contribution in [-0.2, 0) is 19.2 Å². The van der Waals surface area contributed by atoms with Crippen LogP contribution in [0.5, 0.6) is 0 Å². The highest BCUT2D eigenvalue weighted by molar-refractivity contribution is 9.18. The molecule has 8 nitrogen and oxygen atoms in total. The van der Waals surface area contributed by atoms with Crippen molar-refractivity contribution in [3.8, 4) is 0 Å². The first-order valence-electron chi connectivity index (χ1n) is 5.13. The molecule has 0 aromatic heterocycles. The Morgan fingerprint density at radius 2 is 1.95 bits per heavy atom. The predicted molar refractivity (Wildman–Crippen MR) is 69.5 cm³/mol. The molecule has 0 saturated carbocycles. The molecule has 0 spiro atoms. The van der Waals surface area contributed by atoms with Gasteiger partial charge in [0.2, 0.25) is 11.8 Å². The van der Waals surface area contributed by atoms with E-state index in [1.807, 2.05) is 0 Å². The molecule has 19 heavy (non-hydrogen) atoms. The highest BCUT2D eigenvalue weighted by atomic mass is 79.9. The van der Waals surface area contributed by atoms with Gasteiger partial charge in [-0.2, -0.15) is 0 Å². The molecule has 0 aromatic rings. The number of carboxylic acids is 1. The minimum atomic E-state index is -1.51. The van der Waals surface area contributed by atoms with E-state index in [2.05, 4.69) is 42.1 Å². The Bertz CT molecular complexity index is 411. The number of oxime groups is 1. The number of aliphatic hydroxyl groups excluding tert-OH is 1. The third-order valence-electron chi connectivity index (χ3n) is 2.25. The molecule has 1 fully saturated rings. The molecule has 2 rings (SSSR count). The SMILES string of the molecule is O=C(O)C(O)C1CC(Br)=NO1.O=C1CCC(=O)N1Br. The van der Waals surface area contributed by atoms with Gasteiger partial charge >= 0.3 is 5.97 Å². The van der Waals surface area contributed by atoms with E-state index in [4.69, 9.17) is 10.2 Å². The van der Waals surface area contributed by atoms with E-state index < -0.39 is 18.2 Å². The fourth-order valence-corrected chi connectivity index (χ4v) is 2.00. The van der Waals surface area contributed by atoms with Crippen LogP contribution in [0.2, 0.25) is 0 Å². The summed E-state index contributed by atoms with van der Waals surface area (Å²) in [4.78, 5) is 35.7. The van der Waals surface area contributed by atoms with Crippen molar-refractivity contribution in [2.24, 2.45) is 5.16 Å². The van der Waals surface area contributed by atoms with E-state index >= 15 is 0 Å². The van der Waals surface area contributed by atoms with E-state index in [1.54, 1.807) is 0 Å².